The minimum Gasteiger partial charge on any atom is -0.490 e. The fraction of sp³-hybridized carbons (Fsp3) is 0.462. The third-order valence-corrected chi connectivity index (χ3v) is 2.35. The Hall–Kier alpha value is -1.75. The van der Waals surface area contributed by atoms with Gasteiger partial charge in [-0.2, -0.15) is 0 Å². The summed E-state index contributed by atoms with van der Waals surface area (Å²) in [6.07, 6.45) is 0. The van der Waals surface area contributed by atoms with Crippen LogP contribution in [0.4, 0.5) is 0 Å². The maximum absolute atomic E-state index is 11.2. The van der Waals surface area contributed by atoms with Gasteiger partial charge in [-0.1, -0.05) is 12.1 Å². The molecule has 0 aliphatic carbocycles. The molecule has 100 valence electrons. The fourth-order valence-corrected chi connectivity index (χ4v) is 1.53. The van der Waals surface area contributed by atoms with Crippen molar-refractivity contribution in [3.05, 3.63) is 23.8 Å². The van der Waals surface area contributed by atoms with E-state index in [4.69, 9.17) is 9.47 Å². The number of hydrogen-bond acceptors (Lipinski definition) is 4. The van der Waals surface area contributed by atoms with E-state index in [1.165, 1.54) is 0 Å². The van der Waals surface area contributed by atoms with E-state index >= 15 is 0 Å². The third kappa shape index (κ3) is 3.92. The number of carbonyl (C=O) groups is 1. The molecule has 0 unspecified atom stereocenters. The lowest BCUT2D eigenvalue weighted by molar-refractivity contribution is -0.122. The average molecular weight is 252 g/mol. The predicted molar refractivity (Wildman–Crippen MR) is 69.9 cm³/mol. The smallest absolute Gasteiger partial charge is 0.257 e. The summed E-state index contributed by atoms with van der Waals surface area (Å²) in [6, 6.07) is 5.68. The van der Waals surface area contributed by atoms with Crippen LogP contribution in [0.2, 0.25) is 0 Å². The van der Waals surface area contributed by atoms with Crippen molar-refractivity contribution in [3.8, 4) is 11.5 Å². The van der Waals surface area contributed by atoms with Gasteiger partial charge >= 0.3 is 0 Å². The topological polar surface area (TPSA) is 59.6 Å². The van der Waals surface area contributed by atoms with Gasteiger partial charge in [-0.3, -0.25) is 4.79 Å². The summed E-state index contributed by atoms with van der Waals surface area (Å²) in [4.78, 5) is 11.2. The van der Waals surface area contributed by atoms with Crippen LogP contribution in [0.3, 0.4) is 0 Å². The molecule has 0 radical (unpaired) electrons. The number of carbonyl (C=O) groups excluding carboxylic acids is 1. The van der Waals surface area contributed by atoms with Gasteiger partial charge < -0.3 is 20.1 Å². The summed E-state index contributed by atoms with van der Waals surface area (Å²) >= 11 is 0. The Bertz CT molecular complexity index is 370. The molecular formula is C13H20N2O3. The largest absolute Gasteiger partial charge is 0.490 e. The Morgan fingerprint density at radius 2 is 2.06 bits per heavy atom. The summed E-state index contributed by atoms with van der Waals surface area (Å²) in [5.41, 5.74) is 0.965. The van der Waals surface area contributed by atoms with Crippen LogP contribution >= 0.6 is 0 Å². The fourth-order valence-electron chi connectivity index (χ4n) is 1.53. The van der Waals surface area contributed by atoms with Gasteiger partial charge in [0, 0.05) is 19.2 Å². The summed E-state index contributed by atoms with van der Waals surface area (Å²) in [5.74, 6) is 1.11. The molecule has 0 aliphatic heterocycles. The van der Waals surface area contributed by atoms with E-state index in [-0.39, 0.29) is 12.5 Å². The molecule has 1 rings (SSSR count). The van der Waals surface area contributed by atoms with Crippen LogP contribution in [-0.4, -0.2) is 33.2 Å². The molecule has 0 aliphatic rings. The van der Waals surface area contributed by atoms with Crippen molar-refractivity contribution in [2.75, 3.05) is 27.3 Å². The molecule has 5 nitrogen and oxygen atoms in total. The Kier molecular flexibility index (Phi) is 6.00. The van der Waals surface area contributed by atoms with Crippen LogP contribution in [0.25, 0.3) is 0 Å². The zero-order valence-corrected chi connectivity index (χ0v) is 11.1. The molecule has 0 fully saturated rings. The zero-order chi connectivity index (χ0) is 13.4. The van der Waals surface area contributed by atoms with Crippen molar-refractivity contribution >= 4 is 5.91 Å². The number of amides is 1. The molecule has 18 heavy (non-hydrogen) atoms. The average Bonchev–Trinajstić information content (AvgIpc) is 2.38. The number of rotatable bonds is 7. The van der Waals surface area contributed by atoms with Crippen LogP contribution in [0.1, 0.15) is 12.5 Å². The zero-order valence-electron chi connectivity index (χ0n) is 11.1. The van der Waals surface area contributed by atoms with E-state index in [0.717, 1.165) is 5.56 Å². The maximum atomic E-state index is 11.2. The molecule has 0 atom stereocenters. The number of likely N-dealkylation sites (N-methyl/N-ethyl adjacent to an activating group) is 1. The van der Waals surface area contributed by atoms with Crippen molar-refractivity contribution in [1.29, 1.82) is 0 Å². The van der Waals surface area contributed by atoms with Crippen LogP contribution in [0, 0.1) is 0 Å². The molecule has 0 aromatic heterocycles. The predicted octanol–water partition coefficient (Wildman–Crippen LogP) is 0.929. The summed E-state index contributed by atoms with van der Waals surface area (Å²) in [6.45, 7) is 3.11. The lowest BCUT2D eigenvalue weighted by Gasteiger charge is -2.15. The first-order valence-corrected chi connectivity index (χ1v) is 5.95. The van der Waals surface area contributed by atoms with Crippen molar-refractivity contribution in [3.63, 3.8) is 0 Å². The van der Waals surface area contributed by atoms with Crippen LogP contribution in [-0.2, 0) is 11.3 Å². The lowest BCUT2D eigenvalue weighted by Crippen LogP contribution is -2.25. The van der Waals surface area contributed by atoms with Crippen molar-refractivity contribution in [1.82, 2.24) is 10.6 Å². The van der Waals surface area contributed by atoms with E-state index in [9.17, 15) is 4.79 Å². The second-order valence-electron chi connectivity index (χ2n) is 3.67. The van der Waals surface area contributed by atoms with Gasteiger partial charge in [0.15, 0.2) is 18.1 Å². The summed E-state index contributed by atoms with van der Waals surface area (Å²) < 4.78 is 11.1. The Morgan fingerprint density at radius 1 is 1.28 bits per heavy atom. The second kappa shape index (κ2) is 7.55. The molecule has 1 aromatic rings. The van der Waals surface area contributed by atoms with E-state index in [0.29, 0.717) is 24.7 Å². The van der Waals surface area contributed by atoms with Gasteiger partial charge in [0.05, 0.1) is 6.61 Å². The standard InChI is InChI=1S/C13H20N2O3/c1-4-17-11-7-5-6-10(8-14-2)13(11)18-9-12(16)15-3/h5-7,14H,4,8-9H2,1-3H3,(H,15,16). The minimum absolute atomic E-state index is 0.0166. The van der Waals surface area contributed by atoms with Gasteiger partial charge in [-0.25, -0.2) is 0 Å². The van der Waals surface area contributed by atoms with Crippen LogP contribution < -0.4 is 20.1 Å². The van der Waals surface area contributed by atoms with Crippen LogP contribution in [0.15, 0.2) is 18.2 Å². The molecule has 1 amide bonds. The van der Waals surface area contributed by atoms with Gasteiger partial charge in [0.25, 0.3) is 5.91 Å². The molecule has 0 saturated heterocycles. The van der Waals surface area contributed by atoms with Crippen molar-refractivity contribution in [2.24, 2.45) is 0 Å². The third-order valence-electron chi connectivity index (χ3n) is 2.35. The van der Waals surface area contributed by atoms with E-state index in [1.807, 2.05) is 32.2 Å². The highest BCUT2D eigenvalue weighted by Gasteiger charge is 2.11. The van der Waals surface area contributed by atoms with Gasteiger partial charge in [0.2, 0.25) is 0 Å². The molecule has 0 saturated carbocycles. The van der Waals surface area contributed by atoms with Crippen LogP contribution in [0.5, 0.6) is 11.5 Å². The summed E-state index contributed by atoms with van der Waals surface area (Å²) in [5, 5.41) is 5.58. The number of nitrogens with one attached hydrogen (secondary N) is 2. The molecule has 2 N–H and O–H groups in total. The van der Waals surface area contributed by atoms with Gasteiger partial charge in [-0.05, 0) is 20.0 Å². The lowest BCUT2D eigenvalue weighted by atomic mass is 10.2. The second-order valence-corrected chi connectivity index (χ2v) is 3.67. The first-order valence-electron chi connectivity index (χ1n) is 5.95. The molecule has 5 heteroatoms. The highest BCUT2D eigenvalue weighted by Crippen LogP contribution is 2.31. The molecule has 0 heterocycles. The van der Waals surface area contributed by atoms with E-state index < -0.39 is 0 Å². The van der Waals surface area contributed by atoms with Gasteiger partial charge in [-0.15, -0.1) is 0 Å². The highest BCUT2D eigenvalue weighted by atomic mass is 16.5. The maximum Gasteiger partial charge on any atom is 0.257 e. The monoisotopic (exact) mass is 252 g/mol. The molecule has 0 bridgehead atoms. The molecule has 0 spiro atoms. The number of ether oxygens (including phenoxy) is 2. The number of benzene rings is 1. The Labute approximate surface area is 107 Å². The normalized spacial score (nSPS) is 9.94. The minimum atomic E-state index is -0.170. The Morgan fingerprint density at radius 3 is 2.67 bits per heavy atom. The Balaban J connectivity index is 2.90. The number of hydrogen-bond donors (Lipinski definition) is 2. The SMILES string of the molecule is CCOc1cccc(CNC)c1OCC(=O)NC. The summed E-state index contributed by atoms with van der Waals surface area (Å²) in [7, 11) is 3.44. The quantitative estimate of drug-likeness (QED) is 0.758. The van der Waals surface area contributed by atoms with Crippen molar-refractivity contribution in [2.45, 2.75) is 13.5 Å². The van der Waals surface area contributed by atoms with E-state index in [2.05, 4.69) is 10.6 Å². The van der Waals surface area contributed by atoms with Crippen molar-refractivity contribution < 1.29 is 14.3 Å². The number of para-hydroxylation sites is 1. The van der Waals surface area contributed by atoms with E-state index in [1.54, 1.807) is 7.05 Å². The molecular weight excluding hydrogens is 232 g/mol. The first kappa shape index (κ1) is 14.3. The van der Waals surface area contributed by atoms with Gasteiger partial charge in [0.1, 0.15) is 0 Å². The first-order chi connectivity index (χ1) is 8.72. The highest BCUT2D eigenvalue weighted by molar-refractivity contribution is 5.77. The molecule has 1 aromatic carbocycles.